The smallest absolute Gasteiger partial charge is 0.256 e. The van der Waals surface area contributed by atoms with Gasteiger partial charge in [-0.15, -0.1) is 11.3 Å². The van der Waals surface area contributed by atoms with Gasteiger partial charge < -0.3 is 5.32 Å². The zero-order valence-electron chi connectivity index (χ0n) is 13.8. The van der Waals surface area contributed by atoms with E-state index in [9.17, 15) is 4.79 Å². The second-order valence-electron chi connectivity index (χ2n) is 6.16. The lowest BCUT2D eigenvalue weighted by Crippen LogP contribution is -2.29. The Hall–Kier alpha value is -2.53. The Bertz CT molecular complexity index is 1000. The molecule has 3 heterocycles. The molecule has 1 aliphatic rings. The molecule has 0 atom stereocenters. The van der Waals surface area contributed by atoms with E-state index in [1.165, 1.54) is 16.5 Å². The van der Waals surface area contributed by atoms with Crippen LogP contribution >= 0.6 is 11.3 Å². The van der Waals surface area contributed by atoms with Gasteiger partial charge in [-0.05, 0) is 44.5 Å². The number of carbonyl (C=O) groups excluding carboxylic acids is 1. The van der Waals surface area contributed by atoms with Gasteiger partial charge in [-0.3, -0.25) is 9.79 Å². The van der Waals surface area contributed by atoms with Crippen molar-refractivity contribution in [1.29, 1.82) is 0 Å². The van der Waals surface area contributed by atoms with Crippen LogP contribution in [0.5, 0.6) is 0 Å². The van der Waals surface area contributed by atoms with Crippen LogP contribution in [0.3, 0.4) is 0 Å². The van der Waals surface area contributed by atoms with Crippen molar-refractivity contribution in [3.8, 4) is 0 Å². The fraction of sp³-hybridized carbons (Fsp3) is 0.211. The molecule has 1 aliphatic heterocycles. The summed E-state index contributed by atoms with van der Waals surface area (Å²) in [7, 11) is 0. The number of hydrogen-bond donors (Lipinski definition) is 1. The van der Waals surface area contributed by atoms with Crippen molar-refractivity contribution >= 4 is 33.3 Å². The third kappa shape index (κ3) is 2.41. The second-order valence-corrected chi connectivity index (χ2v) is 7.15. The van der Waals surface area contributed by atoms with Crippen LogP contribution in [0.25, 0.3) is 10.2 Å². The van der Waals surface area contributed by atoms with E-state index in [0.29, 0.717) is 17.9 Å². The highest BCUT2D eigenvalue weighted by atomic mass is 32.1. The van der Waals surface area contributed by atoms with E-state index >= 15 is 0 Å². The van der Waals surface area contributed by atoms with Gasteiger partial charge in [0.2, 0.25) is 0 Å². The molecule has 0 unspecified atom stereocenters. The topological polar surface area (TPSA) is 54.4 Å². The summed E-state index contributed by atoms with van der Waals surface area (Å²) in [5.74, 6) is 0.538. The molecule has 0 bridgehead atoms. The van der Waals surface area contributed by atoms with Crippen LogP contribution in [-0.2, 0) is 6.54 Å². The number of nitrogens with zero attached hydrogens (tertiary/aromatic N) is 2. The first kappa shape index (κ1) is 15.0. The van der Waals surface area contributed by atoms with Crippen molar-refractivity contribution in [2.45, 2.75) is 27.3 Å². The van der Waals surface area contributed by atoms with Crippen molar-refractivity contribution in [2.24, 2.45) is 4.99 Å². The molecule has 3 aromatic rings. The molecular weight excluding hydrogens is 318 g/mol. The van der Waals surface area contributed by atoms with Crippen LogP contribution in [0, 0.1) is 20.8 Å². The summed E-state index contributed by atoms with van der Waals surface area (Å²) < 4.78 is 0. The molecular formula is C19H17N3OS. The highest BCUT2D eigenvalue weighted by Crippen LogP contribution is 2.36. The van der Waals surface area contributed by atoms with Gasteiger partial charge in [0.15, 0.2) is 0 Å². The third-order valence-electron chi connectivity index (χ3n) is 4.24. The van der Waals surface area contributed by atoms with Crippen molar-refractivity contribution in [3.05, 3.63) is 63.2 Å². The maximum Gasteiger partial charge on any atom is 0.256 e. The molecule has 5 heteroatoms. The monoisotopic (exact) mass is 335 g/mol. The highest BCUT2D eigenvalue weighted by molar-refractivity contribution is 7.20. The maximum absolute atomic E-state index is 12.5. The van der Waals surface area contributed by atoms with Crippen LogP contribution in [0.15, 0.2) is 35.3 Å². The Morgan fingerprint density at radius 3 is 2.67 bits per heavy atom. The molecule has 0 radical (unpaired) electrons. The standard InChI is InChI=1S/C19H17N3OS/c1-10-4-6-13(7-5-10)18(23)22-17-16-14(9-20-17)15-11(2)8-12(3)21-19(15)24-16/h4-8H,9H2,1-3H3,(H,20,22,23). The Morgan fingerprint density at radius 1 is 1.17 bits per heavy atom. The van der Waals surface area contributed by atoms with Crippen LogP contribution in [-0.4, -0.2) is 16.7 Å². The first-order chi connectivity index (χ1) is 11.5. The molecule has 0 spiro atoms. The summed E-state index contributed by atoms with van der Waals surface area (Å²) in [6.45, 7) is 6.71. The first-order valence-corrected chi connectivity index (χ1v) is 8.67. The quantitative estimate of drug-likeness (QED) is 0.733. The summed E-state index contributed by atoms with van der Waals surface area (Å²) in [6, 6.07) is 9.64. The average Bonchev–Trinajstić information content (AvgIpc) is 3.07. The van der Waals surface area contributed by atoms with Crippen molar-refractivity contribution in [2.75, 3.05) is 0 Å². The van der Waals surface area contributed by atoms with Crippen LogP contribution in [0.4, 0.5) is 0 Å². The van der Waals surface area contributed by atoms with E-state index in [4.69, 9.17) is 0 Å². The predicted octanol–water partition coefficient (Wildman–Crippen LogP) is 3.91. The van der Waals surface area contributed by atoms with Gasteiger partial charge in [0.25, 0.3) is 5.91 Å². The van der Waals surface area contributed by atoms with Crippen molar-refractivity contribution < 1.29 is 4.79 Å². The molecule has 1 N–H and O–H groups in total. The summed E-state index contributed by atoms with van der Waals surface area (Å²) in [4.78, 5) is 23.7. The number of aromatic nitrogens is 1. The molecule has 24 heavy (non-hydrogen) atoms. The fourth-order valence-corrected chi connectivity index (χ4v) is 4.34. The minimum Gasteiger partial charge on any atom is -0.306 e. The van der Waals surface area contributed by atoms with Gasteiger partial charge in [0, 0.05) is 22.2 Å². The molecule has 0 fully saturated rings. The van der Waals surface area contributed by atoms with E-state index in [1.54, 1.807) is 11.3 Å². The number of rotatable bonds is 1. The number of benzene rings is 1. The van der Waals surface area contributed by atoms with Gasteiger partial charge >= 0.3 is 0 Å². The molecule has 120 valence electrons. The van der Waals surface area contributed by atoms with E-state index in [0.717, 1.165) is 21.0 Å². The average molecular weight is 335 g/mol. The van der Waals surface area contributed by atoms with Gasteiger partial charge in [-0.2, -0.15) is 0 Å². The van der Waals surface area contributed by atoms with Crippen LogP contribution in [0.1, 0.15) is 37.6 Å². The predicted molar refractivity (Wildman–Crippen MR) is 98.0 cm³/mol. The Balaban J connectivity index is 1.67. The number of nitrogens with one attached hydrogen (secondary N) is 1. The van der Waals surface area contributed by atoms with Crippen LogP contribution in [0.2, 0.25) is 0 Å². The maximum atomic E-state index is 12.5. The molecule has 4 nitrogen and oxygen atoms in total. The zero-order valence-corrected chi connectivity index (χ0v) is 14.6. The lowest BCUT2D eigenvalue weighted by molar-refractivity contribution is 0.0977. The number of aryl methyl sites for hydroxylation is 3. The van der Waals surface area contributed by atoms with Gasteiger partial charge in [0.05, 0.1) is 11.4 Å². The fourth-order valence-electron chi connectivity index (χ4n) is 3.07. The number of pyridine rings is 1. The summed E-state index contributed by atoms with van der Waals surface area (Å²) in [5.41, 5.74) is 5.19. The van der Waals surface area contributed by atoms with Crippen molar-refractivity contribution in [3.63, 3.8) is 0 Å². The van der Waals surface area contributed by atoms with Gasteiger partial charge in [-0.25, -0.2) is 4.98 Å². The number of amides is 1. The number of fused-ring (bicyclic) bond motifs is 3. The van der Waals surface area contributed by atoms with Gasteiger partial charge in [0.1, 0.15) is 10.7 Å². The Kier molecular flexibility index (Phi) is 3.46. The SMILES string of the molecule is Cc1ccc(C(=O)NC2=NCc3c2sc2nc(C)cc(C)c32)cc1. The van der Waals surface area contributed by atoms with E-state index in [1.807, 2.05) is 38.1 Å². The Morgan fingerprint density at radius 2 is 1.92 bits per heavy atom. The normalized spacial score (nSPS) is 13.0. The minimum atomic E-state index is -0.125. The van der Waals surface area contributed by atoms with E-state index in [2.05, 4.69) is 28.3 Å². The van der Waals surface area contributed by atoms with E-state index < -0.39 is 0 Å². The highest BCUT2D eigenvalue weighted by Gasteiger charge is 2.25. The summed E-state index contributed by atoms with van der Waals surface area (Å²) in [5, 5.41) is 4.14. The molecule has 1 amide bonds. The Labute approximate surface area is 144 Å². The van der Waals surface area contributed by atoms with Crippen LogP contribution < -0.4 is 5.32 Å². The third-order valence-corrected chi connectivity index (χ3v) is 5.37. The molecule has 0 saturated heterocycles. The number of thiophene rings is 1. The lowest BCUT2D eigenvalue weighted by atomic mass is 10.1. The number of amidine groups is 1. The number of aliphatic imine (C=N–C) groups is 1. The molecule has 0 aliphatic carbocycles. The van der Waals surface area contributed by atoms with Gasteiger partial charge in [-0.1, -0.05) is 17.7 Å². The lowest BCUT2D eigenvalue weighted by Gasteiger charge is -2.04. The molecule has 1 aromatic carbocycles. The van der Waals surface area contributed by atoms with E-state index in [-0.39, 0.29) is 5.91 Å². The second kappa shape index (κ2) is 5.53. The number of carbonyl (C=O) groups is 1. The number of hydrogen-bond acceptors (Lipinski definition) is 4. The minimum absolute atomic E-state index is 0.125. The molecule has 4 rings (SSSR count). The molecule has 2 aromatic heterocycles. The molecule has 0 saturated carbocycles. The summed E-state index contributed by atoms with van der Waals surface area (Å²) >= 11 is 1.61. The first-order valence-electron chi connectivity index (χ1n) is 7.85. The van der Waals surface area contributed by atoms with Crippen molar-refractivity contribution in [1.82, 2.24) is 10.3 Å². The largest absolute Gasteiger partial charge is 0.306 e. The zero-order chi connectivity index (χ0) is 16.8. The summed E-state index contributed by atoms with van der Waals surface area (Å²) in [6.07, 6.45) is 0.